The van der Waals surface area contributed by atoms with Gasteiger partial charge in [-0.1, -0.05) is 12.1 Å². The van der Waals surface area contributed by atoms with Gasteiger partial charge in [0, 0.05) is 13.0 Å². The van der Waals surface area contributed by atoms with Crippen molar-refractivity contribution in [1.29, 1.82) is 0 Å². The lowest BCUT2D eigenvalue weighted by Crippen LogP contribution is -2.22. The van der Waals surface area contributed by atoms with E-state index >= 15 is 0 Å². The van der Waals surface area contributed by atoms with Crippen LogP contribution in [0.5, 0.6) is 0 Å². The average Bonchev–Trinajstić information content (AvgIpc) is 2.27. The van der Waals surface area contributed by atoms with E-state index in [1.165, 1.54) is 0 Å². The van der Waals surface area contributed by atoms with Crippen LogP contribution >= 0.6 is 0 Å². The van der Waals surface area contributed by atoms with Gasteiger partial charge >= 0.3 is 5.97 Å². The van der Waals surface area contributed by atoms with Crippen molar-refractivity contribution in [3.8, 4) is 0 Å². The first-order valence-electron chi connectivity index (χ1n) is 5.22. The molecule has 1 aromatic carbocycles. The van der Waals surface area contributed by atoms with E-state index in [0.29, 0.717) is 19.4 Å². The molecule has 0 aliphatic heterocycles. The number of carboxylic acids is 1. The number of benzene rings is 1. The van der Waals surface area contributed by atoms with Crippen molar-refractivity contribution >= 4 is 11.9 Å². The summed E-state index contributed by atoms with van der Waals surface area (Å²) in [6.07, 6.45) is 1.06. The lowest BCUT2D eigenvalue weighted by Gasteiger charge is -2.02. The molecule has 0 aliphatic rings. The number of rotatable bonds is 5. The van der Waals surface area contributed by atoms with Crippen molar-refractivity contribution < 1.29 is 14.7 Å². The van der Waals surface area contributed by atoms with E-state index in [0.717, 1.165) is 5.56 Å². The normalized spacial score (nSPS) is 9.81. The largest absolute Gasteiger partial charge is 0.478 e. The summed E-state index contributed by atoms with van der Waals surface area (Å²) in [5.74, 6) is -0.917. The Hall–Kier alpha value is -1.84. The average molecular weight is 221 g/mol. The van der Waals surface area contributed by atoms with Crippen molar-refractivity contribution in [1.82, 2.24) is 5.32 Å². The van der Waals surface area contributed by atoms with Crippen molar-refractivity contribution in [3.63, 3.8) is 0 Å². The first-order chi connectivity index (χ1) is 7.63. The fourth-order valence-electron chi connectivity index (χ4n) is 1.36. The summed E-state index contributed by atoms with van der Waals surface area (Å²) < 4.78 is 0. The van der Waals surface area contributed by atoms with Crippen molar-refractivity contribution in [2.75, 3.05) is 6.54 Å². The van der Waals surface area contributed by atoms with E-state index in [9.17, 15) is 9.59 Å². The second kappa shape index (κ2) is 5.90. The Morgan fingerprint density at radius 3 is 2.38 bits per heavy atom. The molecule has 0 heterocycles. The molecule has 0 atom stereocenters. The van der Waals surface area contributed by atoms with Crippen molar-refractivity contribution in [3.05, 3.63) is 35.4 Å². The van der Waals surface area contributed by atoms with E-state index in [1.54, 1.807) is 24.3 Å². The van der Waals surface area contributed by atoms with Crippen LogP contribution in [-0.2, 0) is 11.2 Å². The number of hydrogen-bond acceptors (Lipinski definition) is 2. The lowest BCUT2D eigenvalue weighted by molar-refractivity contribution is -0.120. The molecular formula is C12H15NO3. The van der Waals surface area contributed by atoms with Gasteiger partial charge in [-0.2, -0.15) is 0 Å². The molecule has 1 rings (SSSR count). The number of carboxylic acid groups (broad SMARTS) is 1. The van der Waals surface area contributed by atoms with Gasteiger partial charge in [-0.15, -0.1) is 0 Å². The van der Waals surface area contributed by atoms with Crippen LogP contribution < -0.4 is 5.32 Å². The maximum Gasteiger partial charge on any atom is 0.335 e. The molecule has 0 saturated heterocycles. The third-order valence-corrected chi connectivity index (χ3v) is 2.22. The Kier molecular flexibility index (Phi) is 4.51. The number of nitrogens with one attached hydrogen (secondary N) is 1. The van der Waals surface area contributed by atoms with Crippen LogP contribution in [0.4, 0.5) is 0 Å². The van der Waals surface area contributed by atoms with Gasteiger partial charge in [0.05, 0.1) is 5.56 Å². The Balaban J connectivity index is 2.49. The standard InChI is InChI=1S/C12H15NO3/c1-2-13-11(14)8-5-9-3-6-10(7-4-9)12(15)16/h3-4,6-7H,2,5,8H2,1H3,(H,13,14)(H,15,16). The molecule has 0 aliphatic carbocycles. The molecule has 0 spiro atoms. The minimum absolute atomic E-state index is 0.0183. The van der Waals surface area contributed by atoms with Crippen LogP contribution in [0, 0.1) is 0 Å². The Labute approximate surface area is 94.3 Å². The zero-order chi connectivity index (χ0) is 12.0. The first kappa shape index (κ1) is 12.2. The number of amides is 1. The van der Waals surface area contributed by atoms with E-state index in [4.69, 9.17) is 5.11 Å². The maximum atomic E-state index is 11.2. The van der Waals surface area contributed by atoms with E-state index in [-0.39, 0.29) is 11.5 Å². The summed E-state index contributed by atoms with van der Waals surface area (Å²) in [5, 5.41) is 11.4. The quantitative estimate of drug-likeness (QED) is 0.790. The van der Waals surface area contributed by atoms with Gasteiger partial charge in [-0.25, -0.2) is 4.79 Å². The fraction of sp³-hybridized carbons (Fsp3) is 0.333. The molecule has 0 fully saturated rings. The summed E-state index contributed by atoms with van der Waals surface area (Å²) in [7, 11) is 0. The van der Waals surface area contributed by atoms with E-state index < -0.39 is 5.97 Å². The number of hydrogen-bond donors (Lipinski definition) is 2. The van der Waals surface area contributed by atoms with Crippen LogP contribution in [0.25, 0.3) is 0 Å². The summed E-state index contributed by atoms with van der Waals surface area (Å²) in [6.45, 7) is 2.51. The number of aryl methyl sites for hydroxylation is 1. The third kappa shape index (κ3) is 3.73. The van der Waals surface area contributed by atoms with Crippen molar-refractivity contribution in [2.24, 2.45) is 0 Å². The predicted octanol–water partition coefficient (Wildman–Crippen LogP) is 1.45. The van der Waals surface area contributed by atoms with E-state index in [2.05, 4.69) is 5.32 Å². The lowest BCUT2D eigenvalue weighted by atomic mass is 10.1. The molecule has 0 unspecified atom stereocenters. The minimum Gasteiger partial charge on any atom is -0.478 e. The second-order valence-electron chi connectivity index (χ2n) is 3.46. The molecule has 1 amide bonds. The molecule has 16 heavy (non-hydrogen) atoms. The van der Waals surface area contributed by atoms with Gasteiger partial charge in [-0.05, 0) is 31.0 Å². The summed E-state index contributed by atoms with van der Waals surface area (Å²) in [4.78, 5) is 21.8. The summed E-state index contributed by atoms with van der Waals surface area (Å²) in [6, 6.07) is 6.58. The van der Waals surface area contributed by atoms with Crippen LogP contribution in [0.3, 0.4) is 0 Å². The van der Waals surface area contributed by atoms with Crippen molar-refractivity contribution in [2.45, 2.75) is 19.8 Å². The van der Waals surface area contributed by atoms with Gasteiger partial charge < -0.3 is 10.4 Å². The number of carbonyl (C=O) groups is 2. The number of carbonyl (C=O) groups excluding carboxylic acids is 1. The highest BCUT2D eigenvalue weighted by molar-refractivity contribution is 5.87. The monoisotopic (exact) mass is 221 g/mol. The Morgan fingerprint density at radius 2 is 1.88 bits per heavy atom. The SMILES string of the molecule is CCNC(=O)CCc1ccc(C(=O)O)cc1. The second-order valence-corrected chi connectivity index (χ2v) is 3.46. The van der Waals surface area contributed by atoms with Crippen LogP contribution in [0.1, 0.15) is 29.3 Å². The van der Waals surface area contributed by atoms with Crippen LogP contribution in [0.2, 0.25) is 0 Å². The highest BCUT2D eigenvalue weighted by atomic mass is 16.4. The zero-order valence-electron chi connectivity index (χ0n) is 9.19. The summed E-state index contributed by atoms with van der Waals surface area (Å²) >= 11 is 0. The Morgan fingerprint density at radius 1 is 1.25 bits per heavy atom. The molecule has 0 radical (unpaired) electrons. The van der Waals surface area contributed by atoms with Gasteiger partial charge in [-0.3, -0.25) is 4.79 Å². The molecule has 0 bridgehead atoms. The third-order valence-electron chi connectivity index (χ3n) is 2.22. The molecular weight excluding hydrogens is 206 g/mol. The fourth-order valence-corrected chi connectivity index (χ4v) is 1.36. The molecule has 4 heteroatoms. The molecule has 1 aromatic rings. The number of aromatic carboxylic acids is 1. The molecule has 0 saturated carbocycles. The van der Waals surface area contributed by atoms with Gasteiger partial charge in [0.15, 0.2) is 0 Å². The molecule has 86 valence electrons. The first-order valence-corrected chi connectivity index (χ1v) is 5.22. The zero-order valence-corrected chi connectivity index (χ0v) is 9.19. The van der Waals surface area contributed by atoms with Gasteiger partial charge in [0.1, 0.15) is 0 Å². The topological polar surface area (TPSA) is 66.4 Å². The van der Waals surface area contributed by atoms with Gasteiger partial charge in [0.2, 0.25) is 5.91 Å². The predicted molar refractivity (Wildman–Crippen MR) is 60.4 cm³/mol. The van der Waals surface area contributed by atoms with Gasteiger partial charge in [0.25, 0.3) is 0 Å². The smallest absolute Gasteiger partial charge is 0.335 e. The highest BCUT2D eigenvalue weighted by Crippen LogP contribution is 2.06. The van der Waals surface area contributed by atoms with Crippen LogP contribution in [0.15, 0.2) is 24.3 Å². The highest BCUT2D eigenvalue weighted by Gasteiger charge is 2.03. The molecule has 0 aromatic heterocycles. The van der Waals surface area contributed by atoms with Crippen LogP contribution in [-0.4, -0.2) is 23.5 Å². The van der Waals surface area contributed by atoms with E-state index in [1.807, 2.05) is 6.92 Å². The summed E-state index contributed by atoms with van der Waals surface area (Å²) in [5.41, 5.74) is 1.23. The maximum absolute atomic E-state index is 11.2. The Bertz CT molecular complexity index is 370. The molecule has 4 nitrogen and oxygen atoms in total. The minimum atomic E-state index is -0.935. The molecule has 2 N–H and O–H groups in total.